The number of hydrogen-bond acceptors (Lipinski definition) is 5. The van der Waals surface area contributed by atoms with Crippen LogP contribution in [0, 0.1) is 0 Å². The third-order valence-electron chi connectivity index (χ3n) is 3.66. The lowest BCUT2D eigenvalue weighted by Crippen LogP contribution is -2.33. The summed E-state index contributed by atoms with van der Waals surface area (Å²) in [5, 5.41) is 11.4. The number of nitrogens with one attached hydrogen (secondary N) is 1. The van der Waals surface area contributed by atoms with Crippen molar-refractivity contribution in [3.63, 3.8) is 0 Å². The van der Waals surface area contributed by atoms with Gasteiger partial charge < -0.3 is 20.1 Å². The van der Waals surface area contributed by atoms with E-state index in [2.05, 4.69) is 10.1 Å². The van der Waals surface area contributed by atoms with Gasteiger partial charge in [0.05, 0.1) is 19.1 Å². The molecule has 1 aromatic carbocycles. The minimum Gasteiger partial charge on any atom is -0.481 e. The Balaban J connectivity index is 2.76. The summed E-state index contributed by atoms with van der Waals surface area (Å²) in [7, 11) is 1.28. The zero-order valence-corrected chi connectivity index (χ0v) is 15.7. The highest BCUT2D eigenvalue weighted by Crippen LogP contribution is 2.12. The summed E-state index contributed by atoms with van der Waals surface area (Å²) in [5.41, 5.74) is 1.00. The minimum absolute atomic E-state index is 0.0857. The maximum absolute atomic E-state index is 12.3. The van der Waals surface area contributed by atoms with Crippen LogP contribution >= 0.6 is 0 Å². The number of anilines is 1. The molecule has 0 saturated carbocycles. The number of carboxylic acid groups (broad SMARTS) is 1. The highest BCUT2D eigenvalue weighted by molar-refractivity contribution is 6.07. The molecule has 146 valence electrons. The van der Waals surface area contributed by atoms with Gasteiger partial charge in [-0.3, -0.25) is 14.4 Å². The van der Waals surface area contributed by atoms with Crippen molar-refractivity contribution < 1.29 is 29.0 Å². The first-order valence-electron chi connectivity index (χ1n) is 8.47. The highest BCUT2D eigenvalue weighted by atomic mass is 16.5. The molecule has 0 aliphatic carbocycles. The van der Waals surface area contributed by atoms with E-state index >= 15 is 0 Å². The number of benzene rings is 1. The van der Waals surface area contributed by atoms with Crippen molar-refractivity contribution in [1.82, 2.24) is 4.90 Å². The van der Waals surface area contributed by atoms with Crippen molar-refractivity contribution >= 4 is 29.4 Å². The normalized spacial score (nSPS) is 10.9. The molecule has 8 heteroatoms. The number of nitrogens with zero attached hydrogens (tertiary/aromatic N) is 1. The lowest BCUT2D eigenvalue weighted by Gasteiger charge is -2.19. The van der Waals surface area contributed by atoms with E-state index in [1.807, 2.05) is 6.92 Å². The SMILES string of the molecule is CCCN(CCC(=O)O)C(=O)/C=C(\C)C(=O)Nc1ccc(C(=O)OC)cc1. The fourth-order valence-corrected chi connectivity index (χ4v) is 2.21. The maximum atomic E-state index is 12.3. The number of carboxylic acids is 1. The van der Waals surface area contributed by atoms with Gasteiger partial charge in [0.15, 0.2) is 0 Å². The van der Waals surface area contributed by atoms with E-state index in [1.54, 1.807) is 12.1 Å². The molecule has 0 radical (unpaired) electrons. The fraction of sp³-hybridized carbons (Fsp3) is 0.368. The van der Waals surface area contributed by atoms with Crippen LogP contribution in [0.3, 0.4) is 0 Å². The van der Waals surface area contributed by atoms with Crippen molar-refractivity contribution in [2.45, 2.75) is 26.7 Å². The number of carbonyl (C=O) groups is 4. The molecule has 0 atom stereocenters. The Morgan fingerprint density at radius 1 is 1.15 bits per heavy atom. The molecule has 0 aromatic heterocycles. The molecule has 0 heterocycles. The lowest BCUT2D eigenvalue weighted by molar-refractivity contribution is -0.138. The Kier molecular flexibility index (Phi) is 8.71. The van der Waals surface area contributed by atoms with Crippen molar-refractivity contribution in [2.24, 2.45) is 0 Å². The van der Waals surface area contributed by atoms with Gasteiger partial charge in [-0.25, -0.2) is 4.79 Å². The fourth-order valence-electron chi connectivity index (χ4n) is 2.21. The molecule has 27 heavy (non-hydrogen) atoms. The maximum Gasteiger partial charge on any atom is 0.337 e. The van der Waals surface area contributed by atoms with E-state index in [1.165, 1.54) is 37.1 Å². The summed E-state index contributed by atoms with van der Waals surface area (Å²) < 4.78 is 4.60. The lowest BCUT2D eigenvalue weighted by atomic mass is 10.2. The van der Waals surface area contributed by atoms with Crippen molar-refractivity contribution in [2.75, 3.05) is 25.5 Å². The van der Waals surface area contributed by atoms with Crippen LogP contribution in [0.25, 0.3) is 0 Å². The first-order valence-corrected chi connectivity index (χ1v) is 8.47. The third-order valence-corrected chi connectivity index (χ3v) is 3.66. The number of rotatable bonds is 9. The number of aliphatic carboxylic acids is 1. The highest BCUT2D eigenvalue weighted by Gasteiger charge is 2.14. The van der Waals surface area contributed by atoms with E-state index in [9.17, 15) is 19.2 Å². The van der Waals surface area contributed by atoms with Crippen LogP contribution < -0.4 is 5.32 Å². The van der Waals surface area contributed by atoms with Crippen LogP contribution in [0.5, 0.6) is 0 Å². The van der Waals surface area contributed by atoms with Gasteiger partial charge in [-0.05, 0) is 37.6 Å². The van der Waals surface area contributed by atoms with E-state index in [-0.39, 0.29) is 18.5 Å². The molecule has 2 N–H and O–H groups in total. The van der Waals surface area contributed by atoms with Gasteiger partial charge >= 0.3 is 11.9 Å². The number of methoxy groups -OCH3 is 1. The molecule has 0 saturated heterocycles. The topological polar surface area (TPSA) is 113 Å². The first-order chi connectivity index (χ1) is 12.8. The van der Waals surface area contributed by atoms with Gasteiger partial charge in [0, 0.05) is 30.4 Å². The average molecular weight is 376 g/mol. The van der Waals surface area contributed by atoms with Gasteiger partial charge in [0.2, 0.25) is 5.91 Å². The monoisotopic (exact) mass is 376 g/mol. The van der Waals surface area contributed by atoms with Crippen molar-refractivity contribution in [3.8, 4) is 0 Å². The van der Waals surface area contributed by atoms with E-state index < -0.39 is 23.8 Å². The predicted molar refractivity (Wildman–Crippen MR) is 99.3 cm³/mol. The molecule has 0 fully saturated rings. The molecule has 2 amide bonds. The summed E-state index contributed by atoms with van der Waals surface area (Å²) in [4.78, 5) is 48.0. The van der Waals surface area contributed by atoms with Crippen molar-refractivity contribution in [1.29, 1.82) is 0 Å². The molecule has 0 aliphatic rings. The summed E-state index contributed by atoms with van der Waals surface area (Å²) in [6, 6.07) is 6.13. The number of ether oxygens (including phenoxy) is 1. The second-order valence-corrected chi connectivity index (χ2v) is 5.82. The van der Waals surface area contributed by atoms with Crippen LogP contribution in [-0.2, 0) is 19.1 Å². The molecule has 0 unspecified atom stereocenters. The summed E-state index contributed by atoms with van der Waals surface area (Å²) >= 11 is 0. The molecule has 0 spiro atoms. The summed E-state index contributed by atoms with van der Waals surface area (Å²) in [6.07, 6.45) is 1.71. The molecular weight excluding hydrogens is 352 g/mol. The van der Waals surface area contributed by atoms with E-state index in [0.717, 1.165) is 0 Å². The molecule has 1 rings (SSSR count). The van der Waals surface area contributed by atoms with Gasteiger partial charge in [-0.15, -0.1) is 0 Å². The van der Waals surface area contributed by atoms with Crippen LogP contribution in [0.2, 0.25) is 0 Å². The van der Waals surface area contributed by atoms with Crippen molar-refractivity contribution in [3.05, 3.63) is 41.5 Å². The first kappa shape index (κ1) is 21.9. The Bertz CT molecular complexity index is 724. The molecule has 0 aliphatic heterocycles. The number of amides is 2. The summed E-state index contributed by atoms with van der Waals surface area (Å²) in [6.45, 7) is 3.87. The van der Waals surface area contributed by atoms with Crippen LogP contribution in [0.4, 0.5) is 5.69 Å². The van der Waals surface area contributed by atoms with Crippen LogP contribution in [0.15, 0.2) is 35.9 Å². The molecular formula is C19H24N2O6. The number of hydrogen-bond donors (Lipinski definition) is 2. The van der Waals surface area contributed by atoms with Crippen LogP contribution in [0.1, 0.15) is 37.0 Å². The quantitative estimate of drug-likeness (QED) is 0.504. The van der Waals surface area contributed by atoms with Gasteiger partial charge in [-0.1, -0.05) is 6.92 Å². The van der Waals surface area contributed by atoms with Crippen LogP contribution in [-0.4, -0.2) is 54.0 Å². The zero-order valence-electron chi connectivity index (χ0n) is 15.7. The standard InChI is InChI=1S/C19H24N2O6/c1-4-10-21(11-9-17(23)24)16(22)12-13(2)18(25)20-15-7-5-14(6-8-15)19(26)27-3/h5-8,12H,4,9-11H2,1-3H3,(H,20,25)(H,23,24)/b13-12+. The Morgan fingerprint density at radius 3 is 2.30 bits per heavy atom. The molecule has 0 bridgehead atoms. The predicted octanol–water partition coefficient (Wildman–Crippen LogP) is 2.07. The smallest absolute Gasteiger partial charge is 0.337 e. The second-order valence-electron chi connectivity index (χ2n) is 5.82. The van der Waals surface area contributed by atoms with E-state index in [0.29, 0.717) is 24.2 Å². The zero-order chi connectivity index (χ0) is 20.4. The largest absolute Gasteiger partial charge is 0.481 e. The van der Waals surface area contributed by atoms with Gasteiger partial charge in [0.25, 0.3) is 5.91 Å². The second kappa shape index (κ2) is 10.7. The van der Waals surface area contributed by atoms with Gasteiger partial charge in [-0.2, -0.15) is 0 Å². The number of esters is 1. The minimum atomic E-state index is -0.988. The number of carbonyl (C=O) groups excluding carboxylic acids is 3. The summed E-state index contributed by atoms with van der Waals surface area (Å²) in [5.74, 6) is -2.35. The average Bonchev–Trinajstić information content (AvgIpc) is 2.64. The Hall–Kier alpha value is -3.16. The van der Waals surface area contributed by atoms with E-state index in [4.69, 9.17) is 5.11 Å². The Labute approximate surface area is 157 Å². The van der Waals surface area contributed by atoms with Gasteiger partial charge in [0.1, 0.15) is 0 Å². The third kappa shape index (κ3) is 7.31. The molecule has 1 aromatic rings. The Morgan fingerprint density at radius 2 is 1.78 bits per heavy atom. The molecule has 8 nitrogen and oxygen atoms in total.